The van der Waals surface area contributed by atoms with E-state index in [1.54, 1.807) is 45.0 Å². The highest BCUT2D eigenvalue weighted by molar-refractivity contribution is 5.85. The van der Waals surface area contributed by atoms with E-state index in [0.717, 1.165) is 37.9 Å². The molecule has 1 aromatic rings. The summed E-state index contributed by atoms with van der Waals surface area (Å²) < 4.78 is 5.20. The van der Waals surface area contributed by atoms with E-state index in [4.69, 9.17) is 4.74 Å². The SMILES string of the molecule is CC(C)(C)OC(=O)Nc1ccc(C(C(=O)O)N2CCCCC2)cc1. The Balaban J connectivity index is 2.06. The number of nitrogens with one attached hydrogen (secondary N) is 1. The second-order valence-electron chi connectivity index (χ2n) is 7.09. The van der Waals surface area contributed by atoms with E-state index in [2.05, 4.69) is 5.32 Å². The van der Waals surface area contributed by atoms with E-state index in [0.29, 0.717) is 5.69 Å². The van der Waals surface area contributed by atoms with E-state index in [9.17, 15) is 14.7 Å². The number of anilines is 1. The maximum absolute atomic E-state index is 11.8. The molecule has 0 saturated carbocycles. The molecule has 1 aliphatic heterocycles. The summed E-state index contributed by atoms with van der Waals surface area (Å²) in [5, 5.41) is 12.2. The van der Waals surface area contributed by atoms with Gasteiger partial charge in [-0.25, -0.2) is 4.79 Å². The van der Waals surface area contributed by atoms with Crippen LogP contribution in [-0.2, 0) is 9.53 Å². The van der Waals surface area contributed by atoms with Crippen LogP contribution in [0, 0.1) is 0 Å². The Morgan fingerprint density at radius 1 is 1.12 bits per heavy atom. The topological polar surface area (TPSA) is 78.9 Å². The summed E-state index contributed by atoms with van der Waals surface area (Å²) in [6, 6.07) is 6.28. The molecule has 6 nitrogen and oxygen atoms in total. The number of carboxylic acid groups (broad SMARTS) is 1. The lowest BCUT2D eigenvalue weighted by molar-refractivity contribution is -0.144. The number of carbonyl (C=O) groups is 2. The van der Waals surface area contributed by atoms with Crippen molar-refractivity contribution in [2.45, 2.75) is 51.7 Å². The van der Waals surface area contributed by atoms with Gasteiger partial charge in [0, 0.05) is 5.69 Å². The van der Waals surface area contributed by atoms with E-state index >= 15 is 0 Å². The maximum atomic E-state index is 11.8. The highest BCUT2D eigenvalue weighted by Crippen LogP contribution is 2.26. The third kappa shape index (κ3) is 5.23. The van der Waals surface area contributed by atoms with Crippen molar-refractivity contribution in [2.75, 3.05) is 18.4 Å². The molecule has 1 aromatic carbocycles. The Kier molecular flexibility index (Phi) is 5.83. The predicted molar refractivity (Wildman–Crippen MR) is 92.1 cm³/mol. The first-order valence-corrected chi connectivity index (χ1v) is 8.33. The molecule has 0 spiro atoms. The Hall–Kier alpha value is -2.08. The molecule has 0 aliphatic carbocycles. The lowest BCUT2D eigenvalue weighted by Gasteiger charge is -2.32. The number of ether oxygens (including phenoxy) is 1. The molecule has 1 heterocycles. The van der Waals surface area contributed by atoms with Crippen LogP contribution in [0.4, 0.5) is 10.5 Å². The zero-order valence-electron chi connectivity index (χ0n) is 14.5. The van der Waals surface area contributed by atoms with Crippen LogP contribution in [0.1, 0.15) is 51.6 Å². The van der Waals surface area contributed by atoms with Crippen LogP contribution in [0.25, 0.3) is 0 Å². The number of aliphatic carboxylic acids is 1. The molecule has 6 heteroatoms. The Labute approximate surface area is 142 Å². The molecule has 1 atom stereocenters. The molecule has 1 aliphatic rings. The number of nitrogens with zero attached hydrogens (tertiary/aromatic N) is 1. The quantitative estimate of drug-likeness (QED) is 0.879. The number of carboxylic acids is 1. The standard InChI is InChI=1S/C18H26N2O4/c1-18(2,3)24-17(23)19-14-9-7-13(8-10-14)15(16(21)22)20-11-5-4-6-12-20/h7-10,15H,4-6,11-12H2,1-3H3,(H,19,23)(H,21,22). The maximum Gasteiger partial charge on any atom is 0.412 e. The fraction of sp³-hybridized carbons (Fsp3) is 0.556. The molecule has 0 aromatic heterocycles. The number of piperidine rings is 1. The van der Waals surface area contributed by atoms with Crippen molar-refractivity contribution in [1.29, 1.82) is 0 Å². The number of likely N-dealkylation sites (tertiary alicyclic amines) is 1. The molecule has 1 fully saturated rings. The van der Waals surface area contributed by atoms with Crippen LogP contribution in [0.5, 0.6) is 0 Å². The van der Waals surface area contributed by atoms with Gasteiger partial charge in [0.05, 0.1) is 0 Å². The fourth-order valence-electron chi connectivity index (χ4n) is 2.86. The molecule has 132 valence electrons. The second kappa shape index (κ2) is 7.66. The minimum absolute atomic E-state index is 0.527. The average molecular weight is 334 g/mol. The van der Waals surface area contributed by atoms with Crippen molar-refractivity contribution in [3.05, 3.63) is 29.8 Å². The molecule has 24 heavy (non-hydrogen) atoms. The van der Waals surface area contributed by atoms with Crippen molar-refractivity contribution < 1.29 is 19.4 Å². The van der Waals surface area contributed by atoms with Gasteiger partial charge in [-0.15, -0.1) is 0 Å². The molecule has 1 amide bonds. The van der Waals surface area contributed by atoms with E-state index in [-0.39, 0.29) is 0 Å². The minimum atomic E-state index is -0.843. The van der Waals surface area contributed by atoms with Crippen LogP contribution < -0.4 is 5.32 Å². The average Bonchev–Trinajstić information content (AvgIpc) is 2.48. The minimum Gasteiger partial charge on any atom is -0.480 e. The molecule has 0 radical (unpaired) electrons. The van der Waals surface area contributed by atoms with Crippen LogP contribution in [0.2, 0.25) is 0 Å². The van der Waals surface area contributed by atoms with Gasteiger partial charge < -0.3 is 9.84 Å². The summed E-state index contributed by atoms with van der Waals surface area (Å²) in [5.41, 5.74) is 0.738. The van der Waals surface area contributed by atoms with Gasteiger partial charge in [-0.3, -0.25) is 15.0 Å². The van der Waals surface area contributed by atoms with E-state index < -0.39 is 23.7 Å². The molecular weight excluding hydrogens is 308 g/mol. The van der Waals surface area contributed by atoms with Gasteiger partial charge in [-0.1, -0.05) is 18.6 Å². The van der Waals surface area contributed by atoms with Crippen LogP contribution in [0.15, 0.2) is 24.3 Å². The molecular formula is C18H26N2O4. The fourth-order valence-corrected chi connectivity index (χ4v) is 2.86. The van der Waals surface area contributed by atoms with Gasteiger partial charge in [-0.05, 0) is 64.4 Å². The lowest BCUT2D eigenvalue weighted by Crippen LogP contribution is -2.37. The van der Waals surface area contributed by atoms with E-state index in [1.807, 2.05) is 4.90 Å². The largest absolute Gasteiger partial charge is 0.480 e. The van der Waals surface area contributed by atoms with Crippen molar-refractivity contribution in [3.8, 4) is 0 Å². The van der Waals surface area contributed by atoms with Crippen LogP contribution in [0.3, 0.4) is 0 Å². The molecule has 1 saturated heterocycles. The zero-order chi connectivity index (χ0) is 17.7. The van der Waals surface area contributed by atoms with Gasteiger partial charge in [0.15, 0.2) is 0 Å². The van der Waals surface area contributed by atoms with Crippen molar-refractivity contribution >= 4 is 17.7 Å². The third-order valence-corrected chi connectivity index (χ3v) is 3.86. The first kappa shape index (κ1) is 18.3. The first-order chi connectivity index (χ1) is 11.3. The van der Waals surface area contributed by atoms with Crippen molar-refractivity contribution in [1.82, 2.24) is 4.90 Å². The Morgan fingerprint density at radius 3 is 2.21 bits per heavy atom. The molecule has 0 bridgehead atoms. The van der Waals surface area contributed by atoms with Gasteiger partial charge in [0.25, 0.3) is 0 Å². The number of amides is 1. The summed E-state index contributed by atoms with van der Waals surface area (Å²) in [7, 11) is 0. The van der Waals surface area contributed by atoms with Gasteiger partial charge in [0.2, 0.25) is 0 Å². The van der Waals surface area contributed by atoms with Gasteiger partial charge in [0.1, 0.15) is 11.6 Å². The summed E-state index contributed by atoms with van der Waals surface area (Å²) in [5.74, 6) is -0.843. The summed E-state index contributed by atoms with van der Waals surface area (Å²) in [6.07, 6.45) is 2.69. The predicted octanol–water partition coefficient (Wildman–Crippen LogP) is 3.65. The monoisotopic (exact) mass is 334 g/mol. The van der Waals surface area contributed by atoms with Crippen molar-refractivity contribution in [3.63, 3.8) is 0 Å². The molecule has 2 rings (SSSR count). The van der Waals surface area contributed by atoms with Crippen molar-refractivity contribution in [2.24, 2.45) is 0 Å². The molecule has 1 unspecified atom stereocenters. The highest BCUT2D eigenvalue weighted by atomic mass is 16.6. The smallest absolute Gasteiger partial charge is 0.412 e. The van der Waals surface area contributed by atoms with Gasteiger partial charge >= 0.3 is 12.1 Å². The summed E-state index contributed by atoms with van der Waals surface area (Å²) >= 11 is 0. The van der Waals surface area contributed by atoms with Crippen LogP contribution >= 0.6 is 0 Å². The Morgan fingerprint density at radius 2 is 1.71 bits per heavy atom. The lowest BCUT2D eigenvalue weighted by atomic mass is 10.0. The number of rotatable bonds is 4. The Bertz CT molecular complexity index is 572. The number of hydrogen-bond donors (Lipinski definition) is 2. The first-order valence-electron chi connectivity index (χ1n) is 8.33. The highest BCUT2D eigenvalue weighted by Gasteiger charge is 2.28. The molecule has 2 N–H and O–H groups in total. The van der Waals surface area contributed by atoms with Gasteiger partial charge in [-0.2, -0.15) is 0 Å². The number of carbonyl (C=O) groups excluding carboxylic acids is 1. The second-order valence-corrected chi connectivity index (χ2v) is 7.09. The van der Waals surface area contributed by atoms with E-state index in [1.165, 1.54) is 0 Å². The number of hydrogen-bond acceptors (Lipinski definition) is 4. The van der Waals surface area contributed by atoms with Crippen LogP contribution in [-0.4, -0.2) is 40.8 Å². The zero-order valence-corrected chi connectivity index (χ0v) is 14.5. The summed E-state index contributed by atoms with van der Waals surface area (Å²) in [6.45, 7) is 6.99. The normalized spacial score (nSPS) is 17.1. The summed E-state index contributed by atoms with van der Waals surface area (Å²) in [4.78, 5) is 25.5. The third-order valence-electron chi connectivity index (χ3n) is 3.86. The number of benzene rings is 1.